The molecule has 0 radical (unpaired) electrons. The number of pyridine rings is 1. The highest BCUT2D eigenvalue weighted by Gasteiger charge is 2.29. The molecule has 1 N–H and O–H groups in total. The van der Waals surface area contributed by atoms with E-state index in [1.807, 2.05) is 5.32 Å². The van der Waals surface area contributed by atoms with Crippen LogP contribution in [0, 0.1) is 11.3 Å². The predicted octanol–water partition coefficient (Wildman–Crippen LogP) is 1.94. The van der Waals surface area contributed by atoms with Gasteiger partial charge in [0.25, 0.3) is 0 Å². The zero-order chi connectivity index (χ0) is 16.6. The number of alkyl halides is 3. The van der Waals surface area contributed by atoms with Crippen molar-refractivity contribution in [2.45, 2.75) is 18.5 Å². The Kier molecular flexibility index (Phi) is 6.31. The number of carbonyl (C=O) groups is 2. The molecule has 1 atom stereocenters. The summed E-state index contributed by atoms with van der Waals surface area (Å²) < 4.78 is 39.3. The van der Waals surface area contributed by atoms with Crippen LogP contribution in [-0.2, 0) is 9.53 Å². The van der Waals surface area contributed by atoms with Crippen LogP contribution in [0.5, 0.6) is 0 Å². The van der Waals surface area contributed by atoms with Crippen molar-refractivity contribution in [3.05, 3.63) is 30.1 Å². The first-order valence-corrected chi connectivity index (χ1v) is 6.14. The number of amides is 1. The number of Topliss-reactive ketones (excluding diaryl/α,β-unsaturated/α-hetero) is 1. The molecule has 0 saturated carbocycles. The van der Waals surface area contributed by atoms with Crippen molar-refractivity contribution in [2.75, 3.05) is 13.2 Å². The molecule has 0 aliphatic carbocycles. The smallest absolute Gasteiger partial charge is 0.422 e. The third-order valence-corrected chi connectivity index (χ3v) is 2.44. The average molecular weight is 315 g/mol. The van der Waals surface area contributed by atoms with Crippen LogP contribution in [0.25, 0.3) is 0 Å². The van der Waals surface area contributed by atoms with E-state index in [0.29, 0.717) is 0 Å². The van der Waals surface area contributed by atoms with Gasteiger partial charge in [0.15, 0.2) is 12.4 Å². The lowest BCUT2D eigenvalue weighted by Crippen LogP contribution is -2.31. The maximum Gasteiger partial charge on any atom is 0.422 e. The summed E-state index contributed by atoms with van der Waals surface area (Å²) in [5.74, 6) is -1.59. The van der Waals surface area contributed by atoms with Crippen LogP contribution in [0.2, 0.25) is 0 Å². The molecule has 22 heavy (non-hydrogen) atoms. The molecule has 1 aromatic heterocycles. The highest BCUT2D eigenvalue weighted by molar-refractivity contribution is 5.88. The van der Waals surface area contributed by atoms with E-state index in [1.165, 1.54) is 12.3 Å². The first-order chi connectivity index (χ1) is 10.3. The number of nitriles is 1. The molecule has 9 heteroatoms. The molecule has 0 bridgehead atoms. The van der Waals surface area contributed by atoms with Gasteiger partial charge >= 0.3 is 12.3 Å². The Hall–Kier alpha value is -2.63. The molecule has 0 aliphatic rings. The third-order valence-electron chi connectivity index (χ3n) is 2.44. The number of carbonyl (C=O) groups excluding carboxylic acids is 2. The summed E-state index contributed by atoms with van der Waals surface area (Å²) in [5.41, 5.74) is 0.273. The van der Waals surface area contributed by atoms with Gasteiger partial charge in [-0.25, -0.2) is 4.79 Å². The molecule has 0 aromatic carbocycles. The zero-order valence-electron chi connectivity index (χ0n) is 11.3. The first-order valence-electron chi connectivity index (χ1n) is 6.14. The van der Waals surface area contributed by atoms with E-state index in [0.717, 1.165) is 0 Å². The van der Waals surface area contributed by atoms with Crippen LogP contribution in [0.3, 0.4) is 0 Å². The van der Waals surface area contributed by atoms with Gasteiger partial charge in [-0.3, -0.25) is 9.78 Å². The lowest BCUT2D eigenvalue weighted by molar-refractivity contribution is -0.160. The molecular formula is C13H12F3N3O3. The highest BCUT2D eigenvalue weighted by atomic mass is 19.4. The maximum atomic E-state index is 11.8. The highest BCUT2D eigenvalue weighted by Crippen LogP contribution is 2.15. The molecule has 0 saturated heterocycles. The number of halogens is 3. The fraction of sp³-hybridized carbons (Fsp3) is 0.385. The largest absolute Gasteiger partial charge is 0.440 e. The number of aromatic nitrogens is 1. The van der Waals surface area contributed by atoms with E-state index >= 15 is 0 Å². The second kappa shape index (κ2) is 7.97. The van der Waals surface area contributed by atoms with Gasteiger partial charge in [0.2, 0.25) is 0 Å². The van der Waals surface area contributed by atoms with Gasteiger partial charge in [-0.05, 0) is 12.1 Å². The number of rotatable bonds is 6. The van der Waals surface area contributed by atoms with Gasteiger partial charge in [0.1, 0.15) is 5.92 Å². The molecule has 0 spiro atoms. The number of hydrogen-bond acceptors (Lipinski definition) is 5. The molecule has 1 rings (SSSR count). The van der Waals surface area contributed by atoms with Crippen molar-refractivity contribution in [1.82, 2.24) is 10.3 Å². The Morgan fingerprint density at radius 2 is 2.14 bits per heavy atom. The van der Waals surface area contributed by atoms with Crippen LogP contribution in [0.15, 0.2) is 24.4 Å². The van der Waals surface area contributed by atoms with Crippen molar-refractivity contribution in [1.29, 1.82) is 5.26 Å². The van der Waals surface area contributed by atoms with Gasteiger partial charge in [0, 0.05) is 19.2 Å². The molecule has 1 amide bonds. The summed E-state index contributed by atoms with van der Waals surface area (Å²) in [6.45, 7) is -1.94. The summed E-state index contributed by atoms with van der Waals surface area (Å²) in [6.07, 6.45) is -4.69. The SMILES string of the molecule is N#C[C@@H](C(=O)CCNC(=O)OCC(F)(F)F)c1ccccn1. The Labute approximate surface area is 123 Å². The van der Waals surface area contributed by atoms with E-state index in [9.17, 15) is 22.8 Å². The molecule has 0 fully saturated rings. The number of nitrogens with zero attached hydrogens (tertiary/aromatic N) is 2. The Balaban J connectivity index is 2.40. The molecule has 0 unspecified atom stereocenters. The van der Waals surface area contributed by atoms with Crippen molar-refractivity contribution in [3.63, 3.8) is 0 Å². The standard InChI is InChI=1S/C13H12F3N3O3/c14-13(15,16)8-22-12(21)19-6-4-11(20)9(7-17)10-3-1-2-5-18-10/h1-3,5,9H,4,6,8H2,(H,19,21)/t9-/m1/s1. The minimum absolute atomic E-state index is 0.226. The molecule has 118 valence electrons. The van der Waals surface area contributed by atoms with Gasteiger partial charge in [-0.1, -0.05) is 6.07 Å². The van der Waals surface area contributed by atoms with Crippen LogP contribution in [-0.4, -0.2) is 36.2 Å². The lowest BCUT2D eigenvalue weighted by Gasteiger charge is -2.10. The van der Waals surface area contributed by atoms with E-state index in [2.05, 4.69) is 9.72 Å². The van der Waals surface area contributed by atoms with Crippen molar-refractivity contribution < 1.29 is 27.5 Å². The first kappa shape index (κ1) is 17.4. The van der Waals surface area contributed by atoms with E-state index < -0.39 is 30.6 Å². The van der Waals surface area contributed by atoms with Crippen molar-refractivity contribution >= 4 is 11.9 Å². The lowest BCUT2D eigenvalue weighted by atomic mass is 9.99. The summed E-state index contributed by atoms with van der Waals surface area (Å²) in [7, 11) is 0. The second-order valence-corrected chi connectivity index (χ2v) is 4.15. The Bertz CT molecular complexity index is 555. The molecule has 0 aliphatic heterocycles. The summed E-state index contributed by atoms with van der Waals surface area (Å²) in [6, 6.07) is 6.55. The Morgan fingerprint density at radius 1 is 1.41 bits per heavy atom. The van der Waals surface area contributed by atoms with Crippen molar-refractivity contribution in [3.8, 4) is 6.07 Å². The monoisotopic (exact) mass is 315 g/mol. The van der Waals surface area contributed by atoms with Gasteiger partial charge in [-0.2, -0.15) is 18.4 Å². The van der Waals surface area contributed by atoms with Gasteiger partial charge < -0.3 is 10.1 Å². The summed E-state index contributed by atoms with van der Waals surface area (Å²) in [5, 5.41) is 11.0. The topological polar surface area (TPSA) is 92.1 Å². The molecule has 1 aromatic rings. The number of ketones is 1. The van der Waals surface area contributed by atoms with Gasteiger partial charge in [0.05, 0.1) is 11.8 Å². The zero-order valence-corrected chi connectivity index (χ0v) is 11.3. The van der Waals surface area contributed by atoms with Gasteiger partial charge in [-0.15, -0.1) is 0 Å². The van der Waals surface area contributed by atoms with Crippen LogP contribution >= 0.6 is 0 Å². The van der Waals surface area contributed by atoms with Crippen LogP contribution in [0.4, 0.5) is 18.0 Å². The molecule has 1 heterocycles. The third kappa shape index (κ3) is 6.21. The van der Waals surface area contributed by atoms with E-state index in [1.54, 1.807) is 18.2 Å². The minimum Gasteiger partial charge on any atom is -0.440 e. The van der Waals surface area contributed by atoms with Crippen molar-refractivity contribution in [2.24, 2.45) is 0 Å². The second-order valence-electron chi connectivity index (χ2n) is 4.15. The average Bonchev–Trinajstić information content (AvgIpc) is 2.46. The number of nitrogens with one attached hydrogen (secondary N) is 1. The number of hydrogen-bond donors (Lipinski definition) is 1. The molecular weight excluding hydrogens is 303 g/mol. The normalized spacial score (nSPS) is 12.1. The van der Waals surface area contributed by atoms with Crippen LogP contribution in [0.1, 0.15) is 18.0 Å². The summed E-state index contributed by atoms with van der Waals surface area (Å²) >= 11 is 0. The fourth-order valence-electron chi connectivity index (χ4n) is 1.48. The maximum absolute atomic E-state index is 11.8. The number of ether oxygens (including phenoxy) is 1. The van der Waals surface area contributed by atoms with E-state index in [-0.39, 0.29) is 18.7 Å². The molecule has 6 nitrogen and oxygen atoms in total. The minimum atomic E-state index is -4.61. The predicted molar refractivity (Wildman–Crippen MR) is 67.6 cm³/mol. The quantitative estimate of drug-likeness (QED) is 0.866. The van der Waals surface area contributed by atoms with E-state index in [4.69, 9.17) is 5.26 Å². The Morgan fingerprint density at radius 3 is 2.68 bits per heavy atom. The summed E-state index contributed by atoms with van der Waals surface area (Å²) in [4.78, 5) is 26.7. The fourth-order valence-corrected chi connectivity index (χ4v) is 1.48. The van der Waals surface area contributed by atoms with Crippen LogP contribution < -0.4 is 5.32 Å². The number of alkyl carbamates (subject to hydrolysis) is 1.